The van der Waals surface area contributed by atoms with Crippen LogP contribution in [-0.2, 0) is 11.2 Å². The first kappa shape index (κ1) is 35.2. The Hall–Kier alpha value is -3.10. The molecular formula is C34H41F4N4O3PS. The molecule has 0 bridgehead atoms. The number of halogens is 4. The van der Waals surface area contributed by atoms with Crippen molar-refractivity contribution in [3.05, 3.63) is 46.3 Å². The number of amides is 1. The van der Waals surface area contributed by atoms with E-state index in [0.717, 1.165) is 24.7 Å². The molecular weight excluding hydrogens is 651 g/mol. The van der Waals surface area contributed by atoms with Crippen LogP contribution in [-0.4, -0.2) is 95.6 Å². The van der Waals surface area contributed by atoms with E-state index in [1.165, 1.54) is 18.4 Å². The van der Waals surface area contributed by atoms with Gasteiger partial charge in [-0.15, -0.1) is 11.3 Å². The van der Waals surface area contributed by atoms with Crippen molar-refractivity contribution in [3.8, 4) is 17.6 Å². The number of carbonyl (C=O) groups excluding carboxylic acids is 1. The predicted molar refractivity (Wildman–Crippen MR) is 184 cm³/mol. The highest BCUT2D eigenvalue weighted by Crippen LogP contribution is 2.40. The quantitative estimate of drug-likeness (QED) is 0.141. The number of fused-ring (bicyclic) bond motifs is 1. The zero-order valence-electron chi connectivity index (χ0n) is 27.0. The fraction of sp³-hybridized carbons (Fsp3) is 0.500. The Morgan fingerprint density at radius 1 is 1.17 bits per heavy atom. The Balaban J connectivity index is 1.37. The summed E-state index contributed by atoms with van der Waals surface area (Å²) in [4.78, 5) is 15.1. The summed E-state index contributed by atoms with van der Waals surface area (Å²) in [7, 11) is 2.51. The number of hydrogen-bond donors (Lipinski definition) is 3. The number of carbonyl (C=O) groups is 1. The highest BCUT2D eigenvalue weighted by molar-refractivity contribution is 7.64. The van der Waals surface area contributed by atoms with Gasteiger partial charge in [0, 0.05) is 45.0 Å². The van der Waals surface area contributed by atoms with Crippen molar-refractivity contribution in [1.29, 1.82) is 0 Å². The number of piperidine rings is 1. The van der Waals surface area contributed by atoms with Gasteiger partial charge in [-0.3, -0.25) is 9.69 Å². The second-order valence-electron chi connectivity index (χ2n) is 12.0. The molecule has 0 saturated carbocycles. The molecule has 3 N–H and O–H groups in total. The molecule has 47 heavy (non-hydrogen) atoms. The fourth-order valence-electron chi connectivity index (χ4n) is 6.26. The SMILES string of the molecule is CNC(=O)c1cc(NCC#Cc2sc3c(NC4CCN(C5CCOCC5)CC4F)cccc3c2CC(F)(F)F)c(OC)cc1P(C)C. The summed E-state index contributed by atoms with van der Waals surface area (Å²) in [6.45, 7) is 6.67. The zero-order chi connectivity index (χ0) is 33.7. The van der Waals surface area contributed by atoms with E-state index in [-0.39, 0.29) is 18.0 Å². The van der Waals surface area contributed by atoms with Gasteiger partial charge in [0.25, 0.3) is 5.91 Å². The number of ether oxygens (including phenoxy) is 2. The standard InChI is InChI=1S/C34H41F4N4O3PS/c1-39-33(43)23-17-28(29(44-2)18-30(23)46(3)4)40-13-6-9-31-24(19-34(36,37)38)22-7-5-8-27(32(22)47-31)41-26-10-14-42(20-25(26)35)21-11-15-45-16-12-21/h5,7-8,17-18,21,25-26,40-41H,10-16,19-20H2,1-4H3,(H,39,43). The number of nitrogens with one attached hydrogen (secondary N) is 3. The summed E-state index contributed by atoms with van der Waals surface area (Å²) in [5.74, 6) is 6.26. The Labute approximate surface area is 278 Å². The Bertz CT molecular complexity index is 1630. The maximum Gasteiger partial charge on any atom is 0.393 e. The number of benzene rings is 2. The first-order valence-corrected chi connectivity index (χ1v) is 18.7. The molecule has 1 amide bonds. The molecule has 254 valence electrons. The summed E-state index contributed by atoms with van der Waals surface area (Å²) in [6, 6.07) is 8.61. The average Bonchev–Trinajstić information content (AvgIpc) is 3.39. The molecule has 0 aliphatic carbocycles. The molecule has 0 spiro atoms. The summed E-state index contributed by atoms with van der Waals surface area (Å²) in [5.41, 5.74) is 1.82. The minimum Gasteiger partial charge on any atom is -0.495 e. The fourth-order valence-corrected chi connectivity index (χ4v) is 8.45. The lowest BCUT2D eigenvalue weighted by Gasteiger charge is -2.41. The zero-order valence-corrected chi connectivity index (χ0v) is 28.7. The number of nitrogens with zero attached hydrogens (tertiary/aromatic N) is 1. The van der Waals surface area contributed by atoms with Crippen molar-refractivity contribution in [2.24, 2.45) is 0 Å². The number of methoxy groups -OCH3 is 1. The van der Waals surface area contributed by atoms with Gasteiger partial charge in [0.15, 0.2) is 0 Å². The predicted octanol–water partition coefficient (Wildman–Crippen LogP) is 6.21. The lowest BCUT2D eigenvalue weighted by Crippen LogP contribution is -2.52. The second-order valence-corrected chi connectivity index (χ2v) is 15.3. The van der Waals surface area contributed by atoms with Crippen molar-refractivity contribution in [2.75, 3.05) is 71.0 Å². The summed E-state index contributed by atoms with van der Waals surface area (Å²) in [5, 5.41) is 10.5. The van der Waals surface area contributed by atoms with Crippen LogP contribution in [0.15, 0.2) is 30.3 Å². The molecule has 2 unspecified atom stereocenters. The van der Waals surface area contributed by atoms with Gasteiger partial charge in [0.2, 0.25) is 0 Å². The summed E-state index contributed by atoms with van der Waals surface area (Å²) >= 11 is 1.19. The monoisotopic (exact) mass is 692 g/mol. The van der Waals surface area contributed by atoms with E-state index in [1.807, 2.05) is 19.4 Å². The van der Waals surface area contributed by atoms with E-state index in [4.69, 9.17) is 9.47 Å². The van der Waals surface area contributed by atoms with Gasteiger partial charge in [-0.05, 0) is 67.0 Å². The van der Waals surface area contributed by atoms with Crippen LogP contribution >= 0.6 is 19.3 Å². The molecule has 13 heteroatoms. The van der Waals surface area contributed by atoms with Crippen LogP contribution in [0.4, 0.5) is 28.9 Å². The molecule has 2 aromatic carbocycles. The molecule has 2 aliphatic rings. The van der Waals surface area contributed by atoms with E-state index >= 15 is 4.39 Å². The van der Waals surface area contributed by atoms with E-state index < -0.39 is 32.7 Å². The minimum absolute atomic E-state index is 0.107. The van der Waals surface area contributed by atoms with E-state index in [2.05, 4.69) is 32.7 Å². The third-order valence-corrected chi connectivity index (χ3v) is 11.2. The van der Waals surface area contributed by atoms with Gasteiger partial charge in [-0.2, -0.15) is 13.2 Å². The summed E-state index contributed by atoms with van der Waals surface area (Å²) < 4.78 is 68.4. The number of thiophene rings is 1. The topological polar surface area (TPSA) is 74.9 Å². The van der Waals surface area contributed by atoms with Crippen LogP contribution in [0, 0.1) is 11.8 Å². The number of alkyl halides is 4. The molecule has 2 saturated heterocycles. The van der Waals surface area contributed by atoms with Gasteiger partial charge in [-0.25, -0.2) is 4.39 Å². The van der Waals surface area contributed by atoms with Gasteiger partial charge in [-0.1, -0.05) is 31.9 Å². The maximum absolute atomic E-state index is 15.5. The highest BCUT2D eigenvalue weighted by Gasteiger charge is 2.34. The maximum atomic E-state index is 15.5. The van der Waals surface area contributed by atoms with Crippen LogP contribution < -0.4 is 26.0 Å². The number of anilines is 2. The number of likely N-dealkylation sites (tertiary alicyclic amines) is 1. The Morgan fingerprint density at radius 3 is 2.60 bits per heavy atom. The lowest BCUT2D eigenvalue weighted by molar-refractivity contribution is -0.126. The molecule has 7 nitrogen and oxygen atoms in total. The van der Waals surface area contributed by atoms with E-state index in [0.29, 0.717) is 69.9 Å². The van der Waals surface area contributed by atoms with E-state index in [1.54, 1.807) is 31.3 Å². The third-order valence-electron chi connectivity index (χ3n) is 8.66. The number of rotatable bonds is 9. The first-order valence-electron chi connectivity index (χ1n) is 15.7. The van der Waals surface area contributed by atoms with Gasteiger partial charge < -0.3 is 25.4 Å². The number of hydrogen-bond acceptors (Lipinski definition) is 7. The molecule has 0 radical (unpaired) electrons. The minimum atomic E-state index is -4.43. The summed E-state index contributed by atoms with van der Waals surface area (Å²) in [6.07, 6.45) is -4.27. The molecule has 2 atom stereocenters. The molecule has 3 aromatic rings. The molecule has 2 fully saturated rings. The molecule has 5 rings (SSSR count). The van der Waals surface area contributed by atoms with Crippen molar-refractivity contribution in [1.82, 2.24) is 10.2 Å². The van der Waals surface area contributed by atoms with Crippen molar-refractivity contribution in [3.63, 3.8) is 0 Å². The van der Waals surface area contributed by atoms with Crippen LogP contribution in [0.25, 0.3) is 10.1 Å². The molecule has 3 heterocycles. The Kier molecular flexibility index (Phi) is 11.5. The second kappa shape index (κ2) is 15.4. The van der Waals surface area contributed by atoms with Crippen LogP contribution in [0.2, 0.25) is 0 Å². The molecule has 2 aliphatic heterocycles. The van der Waals surface area contributed by atoms with Crippen LogP contribution in [0.1, 0.15) is 40.1 Å². The smallest absolute Gasteiger partial charge is 0.393 e. The van der Waals surface area contributed by atoms with Crippen LogP contribution in [0.3, 0.4) is 0 Å². The van der Waals surface area contributed by atoms with Crippen molar-refractivity contribution >= 4 is 51.9 Å². The van der Waals surface area contributed by atoms with Gasteiger partial charge in [0.1, 0.15) is 11.9 Å². The van der Waals surface area contributed by atoms with Gasteiger partial charge in [0.05, 0.1) is 47.1 Å². The normalized spacial score (nSPS) is 19.3. The van der Waals surface area contributed by atoms with Crippen molar-refractivity contribution < 1.29 is 31.8 Å². The first-order chi connectivity index (χ1) is 22.5. The van der Waals surface area contributed by atoms with Gasteiger partial charge >= 0.3 is 6.18 Å². The third kappa shape index (κ3) is 8.50. The molecule has 1 aromatic heterocycles. The lowest BCUT2D eigenvalue weighted by atomic mass is 9.98. The highest BCUT2D eigenvalue weighted by atomic mass is 32.1. The van der Waals surface area contributed by atoms with Crippen molar-refractivity contribution in [2.45, 2.75) is 50.1 Å². The van der Waals surface area contributed by atoms with E-state index in [9.17, 15) is 18.0 Å². The largest absolute Gasteiger partial charge is 0.495 e. The average molecular weight is 693 g/mol. The van der Waals surface area contributed by atoms with Crippen LogP contribution in [0.5, 0.6) is 5.75 Å². The Morgan fingerprint density at radius 2 is 1.94 bits per heavy atom.